The maximum absolute atomic E-state index is 11.0. The molecule has 0 amide bonds. The van der Waals surface area contributed by atoms with Crippen LogP contribution in [0.4, 0.5) is 0 Å². The van der Waals surface area contributed by atoms with Gasteiger partial charge in [0.25, 0.3) is 0 Å². The molecule has 0 aromatic carbocycles. The Balaban J connectivity index is 2.30. The van der Waals surface area contributed by atoms with Crippen molar-refractivity contribution in [2.24, 2.45) is 0 Å². The molecule has 72 valence electrons. The second-order valence-corrected chi connectivity index (χ2v) is 2.81. The largest absolute Gasteiger partial charge is 0.469 e. The van der Waals surface area contributed by atoms with E-state index in [9.17, 15) is 4.79 Å². The number of nitrogens with zero attached hydrogens (tertiary/aromatic N) is 3. The number of ether oxygens (including phenoxy) is 1. The normalized spacial score (nSPS) is 10.4. The van der Waals surface area contributed by atoms with E-state index in [1.165, 1.54) is 7.11 Å². The number of hydrogen-bond acceptors (Lipinski definition) is 4. The molecule has 0 unspecified atom stereocenters. The monoisotopic (exact) mass is 191 g/mol. The Morgan fingerprint density at radius 1 is 1.57 bits per heavy atom. The molecule has 0 aliphatic heterocycles. The predicted molar refractivity (Wildman–Crippen MR) is 48.7 cm³/mol. The lowest BCUT2D eigenvalue weighted by Crippen LogP contribution is -2.07. The van der Waals surface area contributed by atoms with Gasteiger partial charge in [0, 0.05) is 12.4 Å². The van der Waals surface area contributed by atoms with Gasteiger partial charge in [-0.05, 0) is 12.1 Å². The molecule has 2 heterocycles. The van der Waals surface area contributed by atoms with Crippen molar-refractivity contribution in [2.75, 3.05) is 7.11 Å². The molecular weight excluding hydrogens is 182 g/mol. The van der Waals surface area contributed by atoms with Crippen LogP contribution in [-0.4, -0.2) is 27.7 Å². The number of imidazole rings is 1. The van der Waals surface area contributed by atoms with Gasteiger partial charge in [-0.15, -0.1) is 0 Å². The first-order chi connectivity index (χ1) is 6.79. The SMILES string of the molecule is COC(=O)Cc1ccc2nccn2n1. The lowest BCUT2D eigenvalue weighted by Gasteiger charge is -1.99. The van der Waals surface area contributed by atoms with Crippen LogP contribution in [0.2, 0.25) is 0 Å². The zero-order chi connectivity index (χ0) is 9.97. The van der Waals surface area contributed by atoms with Crippen LogP contribution >= 0.6 is 0 Å². The number of fused-ring (bicyclic) bond motifs is 1. The molecule has 2 aromatic rings. The summed E-state index contributed by atoms with van der Waals surface area (Å²) in [5.74, 6) is -0.294. The van der Waals surface area contributed by atoms with Gasteiger partial charge in [-0.2, -0.15) is 5.10 Å². The molecule has 0 aliphatic rings. The molecule has 0 saturated heterocycles. The van der Waals surface area contributed by atoms with E-state index >= 15 is 0 Å². The van der Waals surface area contributed by atoms with E-state index < -0.39 is 0 Å². The molecule has 0 atom stereocenters. The van der Waals surface area contributed by atoms with E-state index in [0.717, 1.165) is 5.65 Å². The van der Waals surface area contributed by atoms with Crippen LogP contribution < -0.4 is 0 Å². The summed E-state index contributed by atoms with van der Waals surface area (Å²) >= 11 is 0. The Kier molecular flexibility index (Phi) is 2.14. The predicted octanol–water partition coefficient (Wildman–Crippen LogP) is 0.445. The zero-order valence-electron chi connectivity index (χ0n) is 7.67. The fourth-order valence-corrected chi connectivity index (χ4v) is 1.17. The van der Waals surface area contributed by atoms with Crippen LogP contribution in [0.15, 0.2) is 24.5 Å². The topological polar surface area (TPSA) is 56.5 Å². The molecule has 5 nitrogen and oxygen atoms in total. The maximum atomic E-state index is 11.0. The summed E-state index contributed by atoms with van der Waals surface area (Å²) in [6.07, 6.45) is 3.57. The number of aromatic nitrogens is 3. The maximum Gasteiger partial charge on any atom is 0.311 e. The van der Waals surface area contributed by atoms with Crippen molar-refractivity contribution in [1.29, 1.82) is 0 Å². The third-order valence-corrected chi connectivity index (χ3v) is 1.86. The minimum Gasteiger partial charge on any atom is -0.469 e. The van der Waals surface area contributed by atoms with Gasteiger partial charge in [0.05, 0.1) is 19.2 Å². The van der Waals surface area contributed by atoms with E-state index in [1.54, 1.807) is 23.0 Å². The van der Waals surface area contributed by atoms with Gasteiger partial charge < -0.3 is 4.74 Å². The van der Waals surface area contributed by atoms with E-state index in [0.29, 0.717) is 5.69 Å². The van der Waals surface area contributed by atoms with Crippen molar-refractivity contribution < 1.29 is 9.53 Å². The van der Waals surface area contributed by atoms with Crippen LogP contribution in [0, 0.1) is 0 Å². The van der Waals surface area contributed by atoms with Crippen molar-refractivity contribution in [2.45, 2.75) is 6.42 Å². The Bertz CT molecular complexity index is 464. The van der Waals surface area contributed by atoms with Crippen molar-refractivity contribution in [3.8, 4) is 0 Å². The summed E-state index contributed by atoms with van der Waals surface area (Å²) in [5, 5.41) is 4.18. The Hall–Kier alpha value is -1.91. The number of methoxy groups -OCH3 is 1. The van der Waals surface area contributed by atoms with E-state index in [1.807, 2.05) is 6.07 Å². The van der Waals surface area contributed by atoms with Crippen LogP contribution in [0.3, 0.4) is 0 Å². The van der Waals surface area contributed by atoms with Crippen LogP contribution in [0.1, 0.15) is 5.69 Å². The molecule has 2 aromatic heterocycles. The smallest absolute Gasteiger partial charge is 0.311 e. The van der Waals surface area contributed by atoms with E-state index in [2.05, 4.69) is 14.8 Å². The lowest BCUT2D eigenvalue weighted by molar-refractivity contribution is -0.139. The Labute approximate surface area is 80.3 Å². The third-order valence-electron chi connectivity index (χ3n) is 1.86. The second kappa shape index (κ2) is 3.45. The first kappa shape index (κ1) is 8.68. The molecule has 2 rings (SSSR count). The Morgan fingerprint density at radius 3 is 3.21 bits per heavy atom. The van der Waals surface area contributed by atoms with Gasteiger partial charge in [0.15, 0.2) is 5.65 Å². The molecule has 14 heavy (non-hydrogen) atoms. The van der Waals surface area contributed by atoms with Gasteiger partial charge >= 0.3 is 5.97 Å². The van der Waals surface area contributed by atoms with Crippen molar-refractivity contribution in [3.63, 3.8) is 0 Å². The molecule has 0 aliphatic carbocycles. The van der Waals surface area contributed by atoms with Crippen LogP contribution in [0.5, 0.6) is 0 Å². The first-order valence-electron chi connectivity index (χ1n) is 4.15. The first-order valence-corrected chi connectivity index (χ1v) is 4.15. The lowest BCUT2D eigenvalue weighted by atomic mass is 10.3. The molecule has 0 saturated carbocycles. The average molecular weight is 191 g/mol. The average Bonchev–Trinajstić information content (AvgIpc) is 2.64. The third kappa shape index (κ3) is 1.56. The molecule has 0 bridgehead atoms. The van der Waals surface area contributed by atoms with Crippen molar-refractivity contribution >= 4 is 11.6 Å². The highest BCUT2D eigenvalue weighted by Crippen LogP contribution is 2.01. The number of rotatable bonds is 2. The minimum absolute atomic E-state index is 0.185. The van der Waals surface area contributed by atoms with Crippen LogP contribution in [-0.2, 0) is 16.0 Å². The fourth-order valence-electron chi connectivity index (χ4n) is 1.17. The summed E-state index contributed by atoms with van der Waals surface area (Å²) in [6, 6.07) is 3.57. The highest BCUT2D eigenvalue weighted by atomic mass is 16.5. The summed E-state index contributed by atoms with van der Waals surface area (Å²) in [4.78, 5) is 15.0. The number of hydrogen-bond donors (Lipinski definition) is 0. The molecular formula is C9H9N3O2. The standard InChI is InChI=1S/C9H9N3O2/c1-14-9(13)6-7-2-3-8-10-4-5-12(8)11-7/h2-5H,6H2,1H3. The molecule has 0 spiro atoms. The van der Waals surface area contributed by atoms with Crippen LogP contribution in [0.25, 0.3) is 5.65 Å². The number of carbonyl (C=O) groups is 1. The van der Waals surface area contributed by atoms with Crippen molar-refractivity contribution in [3.05, 3.63) is 30.2 Å². The summed E-state index contributed by atoms with van der Waals surface area (Å²) in [6.45, 7) is 0. The molecule has 0 radical (unpaired) electrons. The van der Waals surface area contributed by atoms with E-state index in [-0.39, 0.29) is 12.4 Å². The van der Waals surface area contributed by atoms with Gasteiger partial charge in [-0.3, -0.25) is 4.79 Å². The molecule has 0 N–H and O–H groups in total. The van der Waals surface area contributed by atoms with Gasteiger partial charge in [0.1, 0.15) is 0 Å². The second-order valence-electron chi connectivity index (χ2n) is 2.81. The van der Waals surface area contributed by atoms with Gasteiger partial charge in [-0.1, -0.05) is 0 Å². The highest BCUT2D eigenvalue weighted by molar-refractivity contribution is 5.71. The van der Waals surface area contributed by atoms with Gasteiger partial charge in [-0.25, -0.2) is 9.50 Å². The van der Waals surface area contributed by atoms with Gasteiger partial charge in [0.2, 0.25) is 0 Å². The molecule has 0 fully saturated rings. The highest BCUT2D eigenvalue weighted by Gasteiger charge is 2.04. The summed E-state index contributed by atoms with van der Waals surface area (Å²) in [5.41, 5.74) is 1.43. The number of esters is 1. The quantitative estimate of drug-likeness (QED) is 0.646. The minimum atomic E-state index is -0.294. The summed E-state index contributed by atoms with van der Waals surface area (Å²) < 4.78 is 6.17. The van der Waals surface area contributed by atoms with E-state index in [4.69, 9.17) is 0 Å². The Morgan fingerprint density at radius 2 is 2.43 bits per heavy atom. The fraction of sp³-hybridized carbons (Fsp3) is 0.222. The summed E-state index contributed by atoms with van der Waals surface area (Å²) in [7, 11) is 1.36. The number of carbonyl (C=O) groups excluding carboxylic acids is 1. The zero-order valence-corrected chi connectivity index (χ0v) is 7.67. The van der Waals surface area contributed by atoms with Crippen molar-refractivity contribution in [1.82, 2.24) is 14.6 Å². The molecule has 5 heteroatoms.